The predicted molar refractivity (Wildman–Crippen MR) is 264 cm³/mol. The fraction of sp³-hybridized carbons (Fsp3) is 0.944. The van der Waals surface area contributed by atoms with Crippen molar-refractivity contribution in [1.82, 2.24) is 0 Å². The Morgan fingerprint density at radius 2 is 1.00 bits per heavy atom. The van der Waals surface area contributed by atoms with Gasteiger partial charge in [-0.1, -0.05) is 60.1 Å². The Morgan fingerprint density at radius 3 is 1.53 bits per heavy atom. The average Bonchev–Trinajstić information content (AvgIpc) is 2.60. The lowest BCUT2D eigenvalue weighted by Gasteiger charge is -2.71. The first kappa shape index (κ1) is 60.9. The molecule has 4 aliphatic heterocycles. The maximum absolute atomic E-state index is 14.8. The van der Waals surface area contributed by atoms with Crippen molar-refractivity contribution in [2.45, 2.75) is 241 Å². The van der Waals surface area contributed by atoms with E-state index in [4.69, 9.17) is 37.9 Å². The van der Waals surface area contributed by atoms with Crippen LogP contribution in [-0.4, -0.2) is 244 Å². The first-order valence-electron chi connectivity index (χ1n) is 27.9. The summed E-state index contributed by atoms with van der Waals surface area (Å²) in [4.78, 5) is 14.8. The summed E-state index contributed by atoms with van der Waals surface area (Å²) in [6.07, 6.45) is -28.4. The summed E-state index contributed by atoms with van der Waals surface area (Å²) in [6, 6.07) is 0. The monoisotopic (exact) mass is 1120 g/mol. The van der Waals surface area contributed by atoms with Crippen LogP contribution in [0, 0.1) is 50.2 Å². The van der Waals surface area contributed by atoms with Crippen molar-refractivity contribution >= 4 is 5.97 Å². The highest BCUT2D eigenvalue weighted by atomic mass is 16.8. The van der Waals surface area contributed by atoms with Crippen molar-refractivity contribution in [3.8, 4) is 0 Å². The number of allylic oxidation sites excluding steroid dienone is 2. The first-order valence-corrected chi connectivity index (χ1v) is 27.9. The van der Waals surface area contributed by atoms with E-state index in [0.717, 1.165) is 18.4 Å². The van der Waals surface area contributed by atoms with Crippen LogP contribution in [-0.2, 0) is 42.7 Å². The Balaban J connectivity index is 0.929. The van der Waals surface area contributed by atoms with E-state index < -0.39 is 190 Å². The number of rotatable bonds is 12. The highest BCUT2D eigenvalue weighted by molar-refractivity contribution is 5.80. The van der Waals surface area contributed by atoms with Crippen molar-refractivity contribution in [2.75, 3.05) is 26.4 Å². The third-order valence-electron chi connectivity index (χ3n) is 21.4. The number of hydrogen-bond acceptors (Lipinski definition) is 24. The van der Waals surface area contributed by atoms with Crippen LogP contribution < -0.4 is 0 Å². The Bertz CT molecular complexity index is 2150. The van der Waals surface area contributed by atoms with E-state index >= 15 is 0 Å². The molecule has 4 saturated heterocycles. The largest absolute Gasteiger partial charge is 0.432 e. The molecule has 24 nitrogen and oxygen atoms in total. The quantitative estimate of drug-likeness (QED) is 0.0524. The van der Waals surface area contributed by atoms with Crippen LogP contribution in [0.3, 0.4) is 0 Å². The number of esters is 1. The second-order valence-corrected chi connectivity index (χ2v) is 26.4. The summed E-state index contributed by atoms with van der Waals surface area (Å²) >= 11 is 0. The molecule has 0 radical (unpaired) electrons. The van der Waals surface area contributed by atoms with Gasteiger partial charge in [-0.25, -0.2) is 0 Å². The highest BCUT2D eigenvalue weighted by Crippen LogP contribution is 2.76. The maximum atomic E-state index is 14.8. The smallest absolute Gasteiger partial charge is 0.317 e. The molecule has 29 atom stereocenters. The SMILES string of the molecule is CC1(C)CCC2(C(=O)OC3OC(CO)C(O)C(O)C3O)C(O)CC3(C)C(=CCC4C5(C)CCC(OC6OC(CO)C(O)C(OC7OC(CO)C(O)C(OC8OC(CO)C(O)C(O)C8O)C7O)C6O)C(C)(C)C5CCC43C)C2C1. The number of aliphatic hydroxyl groups is 15. The van der Waals surface area contributed by atoms with Crippen LogP contribution in [0.25, 0.3) is 0 Å². The van der Waals surface area contributed by atoms with Crippen molar-refractivity contribution < 1.29 is 119 Å². The molecule has 24 heteroatoms. The fourth-order valence-corrected chi connectivity index (χ4v) is 16.6. The van der Waals surface area contributed by atoms with Crippen molar-refractivity contribution in [3.63, 3.8) is 0 Å². The molecule has 448 valence electrons. The van der Waals surface area contributed by atoms with Gasteiger partial charge in [-0.3, -0.25) is 4.79 Å². The molecular weight excluding hydrogens is 1030 g/mol. The average molecular weight is 1120 g/mol. The van der Waals surface area contributed by atoms with Crippen LogP contribution in [0.4, 0.5) is 0 Å². The molecule has 9 rings (SSSR count). The number of hydrogen-bond donors (Lipinski definition) is 15. The third kappa shape index (κ3) is 9.67. The molecule has 5 aliphatic carbocycles. The zero-order valence-electron chi connectivity index (χ0n) is 45.6. The Kier molecular flexibility index (Phi) is 17.2. The van der Waals surface area contributed by atoms with Crippen LogP contribution in [0.1, 0.15) is 106 Å². The lowest BCUT2D eigenvalue weighted by molar-refractivity contribution is -0.385. The lowest BCUT2D eigenvalue weighted by Crippen LogP contribution is -2.68. The van der Waals surface area contributed by atoms with Gasteiger partial charge in [0, 0.05) is 0 Å². The van der Waals surface area contributed by atoms with Gasteiger partial charge in [0.15, 0.2) is 18.9 Å². The molecule has 4 saturated carbocycles. The maximum Gasteiger partial charge on any atom is 0.317 e. The summed E-state index contributed by atoms with van der Waals surface area (Å²) < 4.78 is 47.3. The van der Waals surface area contributed by atoms with Gasteiger partial charge in [0.05, 0.1) is 38.6 Å². The molecule has 29 unspecified atom stereocenters. The van der Waals surface area contributed by atoms with E-state index in [1.807, 2.05) is 0 Å². The number of aliphatic hydroxyl groups excluding tert-OH is 15. The van der Waals surface area contributed by atoms with E-state index in [-0.39, 0.29) is 34.5 Å². The van der Waals surface area contributed by atoms with Crippen LogP contribution >= 0.6 is 0 Å². The van der Waals surface area contributed by atoms with E-state index in [9.17, 15) is 81.4 Å². The van der Waals surface area contributed by atoms with Crippen molar-refractivity contribution in [2.24, 2.45) is 50.2 Å². The minimum atomic E-state index is -1.99. The lowest BCUT2D eigenvalue weighted by atomic mass is 9.33. The summed E-state index contributed by atoms with van der Waals surface area (Å²) in [5.41, 5.74) is -2.39. The molecule has 4 heterocycles. The highest BCUT2D eigenvalue weighted by Gasteiger charge is 2.72. The second-order valence-electron chi connectivity index (χ2n) is 26.4. The standard InChI is InChI=1S/C54H88O24/c1-49(2)14-15-54(48(70)78-45-39(67)37(65)33(61)25(19-56)72-45)23(16-49)22-8-9-29-51(5)12-11-31(50(3,4)28(51)10-13-52(29,6)53(22,7)17-30(54)59)75-46-40(68)42(34(62)26(20-57)73-46)77-47-41(69)43(35(63)27(21-58)74-47)76-44-38(66)36(64)32(60)24(18-55)71-44/h8,23-47,55-69H,9-21H2,1-7H3. The molecule has 0 bridgehead atoms. The van der Waals surface area contributed by atoms with Gasteiger partial charge in [-0.15, -0.1) is 0 Å². The first-order chi connectivity index (χ1) is 36.5. The van der Waals surface area contributed by atoms with Crippen molar-refractivity contribution in [3.05, 3.63) is 11.6 Å². The van der Waals surface area contributed by atoms with Crippen molar-refractivity contribution in [1.29, 1.82) is 0 Å². The summed E-state index contributed by atoms with van der Waals surface area (Å²) in [6.45, 7) is 12.3. The third-order valence-corrected chi connectivity index (χ3v) is 21.4. The van der Waals surface area contributed by atoms with Crippen LogP contribution in [0.5, 0.6) is 0 Å². The molecule has 0 aromatic carbocycles. The summed E-state index contributed by atoms with van der Waals surface area (Å²) in [5, 5.41) is 162. The molecule has 0 aromatic rings. The zero-order valence-corrected chi connectivity index (χ0v) is 45.6. The topological polar surface area (TPSA) is 394 Å². The zero-order chi connectivity index (χ0) is 57.1. The van der Waals surface area contributed by atoms with Gasteiger partial charge in [-0.2, -0.15) is 0 Å². The van der Waals surface area contributed by atoms with E-state index in [0.29, 0.717) is 38.5 Å². The van der Waals surface area contributed by atoms with Gasteiger partial charge >= 0.3 is 5.97 Å². The van der Waals surface area contributed by atoms with E-state index in [1.54, 1.807) is 0 Å². The van der Waals surface area contributed by atoms with Gasteiger partial charge < -0.3 is 114 Å². The number of carbonyl (C=O) groups is 1. The summed E-state index contributed by atoms with van der Waals surface area (Å²) in [5.74, 6) is -1.08. The Labute approximate surface area is 453 Å². The normalized spacial score (nSPS) is 53.9. The second kappa shape index (κ2) is 22.1. The van der Waals surface area contributed by atoms with Gasteiger partial charge in [0.2, 0.25) is 6.29 Å². The number of carbonyl (C=O) groups excluding carboxylic acids is 1. The summed E-state index contributed by atoms with van der Waals surface area (Å²) in [7, 11) is 0. The van der Waals surface area contributed by atoms with E-state index in [1.165, 1.54) is 0 Å². The van der Waals surface area contributed by atoms with Gasteiger partial charge in [-0.05, 0) is 103 Å². The molecule has 15 N–H and O–H groups in total. The Morgan fingerprint density at radius 1 is 0.526 bits per heavy atom. The molecular formula is C54H88O24. The number of ether oxygens (including phenoxy) is 8. The molecule has 0 aromatic heterocycles. The minimum Gasteiger partial charge on any atom is -0.432 e. The number of fused-ring (bicyclic) bond motifs is 7. The Hall–Kier alpha value is -1.67. The molecule has 78 heavy (non-hydrogen) atoms. The molecule has 0 amide bonds. The molecule has 9 aliphatic rings. The van der Waals surface area contributed by atoms with Crippen LogP contribution in [0.2, 0.25) is 0 Å². The van der Waals surface area contributed by atoms with Crippen LogP contribution in [0.15, 0.2) is 11.6 Å². The fourth-order valence-electron chi connectivity index (χ4n) is 16.6. The predicted octanol–water partition coefficient (Wildman–Crippen LogP) is -3.06. The van der Waals surface area contributed by atoms with Gasteiger partial charge in [0.1, 0.15) is 103 Å². The van der Waals surface area contributed by atoms with Gasteiger partial charge in [0.25, 0.3) is 0 Å². The minimum absolute atomic E-state index is 0.0374. The molecule has 8 fully saturated rings. The van der Waals surface area contributed by atoms with E-state index in [2.05, 4.69) is 54.5 Å². The molecule has 0 spiro atoms.